The van der Waals surface area contributed by atoms with Crippen molar-refractivity contribution in [3.8, 4) is 17.6 Å². The molecule has 0 N–H and O–H groups in total. The van der Waals surface area contributed by atoms with Crippen molar-refractivity contribution in [3.05, 3.63) is 62.1 Å². The zero-order chi connectivity index (χ0) is 17.7. The molecule has 6 nitrogen and oxygen atoms in total. The van der Waals surface area contributed by atoms with Crippen LogP contribution < -0.4 is 9.47 Å². The number of hydrogen-bond acceptors (Lipinski definition) is 5. The van der Waals surface area contributed by atoms with Crippen LogP contribution in [0.15, 0.2) is 40.9 Å². The molecule has 2 aromatic rings. The largest absolute Gasteiger partial charge is 0.493 e. The summed E-state index contributed by atoms with van der Waals surface area (Å²) in [6.07, 6.45) is 1.67. The Kier molecular flexibility index (Phi) is 5.55. The SMILES string of the molecule is COc1cc(/C=C(\C#N)c2ccc([N+](=O)[O-])cc2)cc(Br)c1OC. The normalized spacial score (nSPS) is 10.8. The molecule has 2 rings (SSSR count). The van der Waals surface area contributed by atoms with Gasteiger partial charge in [0.2, 0.25) is 0 Å². The fourth-order valence-electron chi connectivity index (χ4n) is 2.13. The van der Waals surface area contributed by atoms with Crippen LogP contribution in [0.5, 0.6) is 11.5 Å². The van der Waals surface area contributed by atoms with E-state index in [0.29, 0.717) is 27.1 Å². The van der Waals surface area contributed by atoms with E-state index in [-0.39, 0.29) is 5.69 Å². The first-order chi connectivity index (χ1) is 11.5. The van der Waals surface area contributed by atoms with E-state index in [1.54, 1.807) is 30.3 Å². The van der Waals surface area contributed by atoms with Crippen LogP contribution in [0.3, 0.4) is 0 Å². The summed E-state index contributed by atoms with van der Waals surface area (Å²) in [5.74, 6) is 1.09. The number of rotatable bonds is 5. The second-order valence-electron chi connectivity index (χ2n) is 4.71. The molecular formula is C17H13BrN2O4. The molecule has 122 valence electrons. The topological polar surface area (TPSA) is 85.4 Å². The van der Waals surface area contributed by atoms with Crippen molar-refractivity contribution in [3.63, 3.8) is 0 Å². The van der Waals surface area contributed by atoms with E-state index in [2.05, 4.69) is 22.0 Å². The van der Waals surface area contributed by atoms with Crippen LogP contribution in [0.4, 0.5) is 5.69 Å². The van der Waals surface area contributed by atoms with Crippen molar-refractivity contribution in [2.75, 3.05) is 14.2 Å². The third kappa shape index (κ3) is 3.73. The molecule has 0 unspecified atom stereocenters. The van der Waals surface area contributed by atoms with Crippen LogP contribution in [0, 0.1) is 21.4 Å². The molecule has 0 heterocycles. The van der Waals surface area contributed by atoms with Gasteiger partial charge in [0, 0.05) is 12.1 Å². The fraction of sp³-hybridized carbons (Fsp3) is 0.118. The first-order valence-corrected chi connectivity index (χ1v) is 7.57. The fourth-order valence-corrected chi connectivity index (χ4v) is 2.75. The first kappa shape index (κ1) is 17.5. The zero-order valence-electron chi connectivity index (χ0n) is 12.9. The Morgan fingerprint density at radius 3 is 2.42 bits per heavy atom. The van der Waals surface area contributed by atoms with Gasteiger partial charge in [0.05, 0.1) is 35.3 Å². The minimum Gasteiger partial charge on any atom is -0.493 e. The van der Waals surface area contributed by atoms with Crippen LogP contribution in [0.25, 0.3) is 11.6 Å². The smallest absolute Gasteiger partial charge is 0.269 e. The third-order valence-electron chi connectivity index (χ3n) is 3.28. The number of halogens is 1. The standard InChI is InChI=1S/C17H13BrN2O4/c1-23-16-9-11(8-15(18)17(16)24-2)7-13(10-19)12-3-5-14(6-4-12)20(21)22/h3-9H,1-2H3/b13-7+. The lowest BCUT2D eigenvalue weighted by Crippen LogP contribution is -1.93. The van der Waals surface area contributed by atoms with Gasteiger partial charge in [-0.25, -0.2) is 0 Å². The van der Waals surface area contributed by atoms with Crippen LogP contribution >= 0.6 is 15.9 Å². The lowest BCUT2D eigenvalue weighted by atomic mass is 10.0. The number of ether oxygens (including phenoxy) is 2. The summed E-state index contributed by atoms with van der Waals surface area (Å²) in [5.41, 5.74) is 1.68. The molecule has 0 amide bonds. The molecule has 24 heavy (non-hydrogen) atoms. The van der Waals surface area contributed by atoms with E-state index < -0.39 is 4.92 Å². The van der Waals surface area contributed by atoms with Crippen LogP contribution in [-0.2, 0) is 0 Å². The Hall–Kier alpha value is -2.85. The van der Waals surface area contributed by atoms with Crippen molar-refractivity contribution in [2.45, 2.75) is 0 Å². The number of nitrogens with zero attached hydrogens (tertiary/aromatic N) is 2. The molecule has 0 aliphatic carbocycles. The van der Waals surface area contributed by atoms with E-state index in [1.165, 1.54) is 26.4 Å². The maximum absolute atomic E-state index is 10.7. The summed E-state index contributed by atoms with van der Waals surface area (Å²) in [5, 5.41) is 20.1. The number of benzene rings is 2. The van der Waals surface area contributed by atoms with Gasteiger partial charge in [-0.2, -0.15) is 5.26 Å². The lowest BCUT2D eigenvalue weighted by molar-refractivity contribution is -0.384. The maximum atomic E-state index is 10.7. The molecule has 2 aromatic carbocycles. The monoisotopic (exact) mass is 388 g/mol. The van der Waals surface area contributed by atoms with E-state index in [4.69, 9.17) is 9.47 Å². The van der Waals surface area contributed by atoms with Gasteiger partial charge in [-0.05, 0) is 57.4 Å². The highest BCUT2D eigenvalue weighted by atomic mass is 79.9. The molecule has 0 aliphatic heterocycles. The second-order valence-corrected chi connectivity index (χ2v) is 5.57. The Bertz CT molecular complexity index is 839. The highest BCUT2D eigenvalue weighted by molar-refractivity contribution is 9.10. The Labute approximate surface area is 147 Å². The molecule has 0 bridgehead atoms. The molecule has 0 radical (unpaired) electrons. The highest BCUT2D eigenvalue weighted by Gasteiger charge is 2.11. The van der Waals surface area contributed by atoms with Crippen LogP contribution in [0.2, 0.25) is 0 Å². The number of non-ortho nitro benzene ring substituents is 1. The summed E-state index contributed by atoms with van der Waals surface area (Å²) in [6, 6.07) is 11.5. The molecular weight excluding hydrogens is 376 g/mol. The first-order valence-electron chi connectivity index (χ1n) is 6.78. The van der Waals surface area contributed by atoms with Crippen molar-refractivity contribution in [2.24, 2.45) is 0 Å². The average molecular weight is 389 g/mol. The molecule has 7 heteroatoms. The number of methoxy groups -OCH3 is 2. The summed E-state index contributed by atoms with van der Waals surface area (Å²) in [7, 11) is 3.06. The van der Waals surface area contributed by atoms with Gasteiger partial charge in [0.15, 0.2) is 11.5 Å². The summed E-state index contributed by atoms with van der Waals surface area (Å²) < 4.78 is 11.2. The minimum atomic E-state index is -0.481. The summed E-state index contributed by atoms with van der Waals surface area (Å²) >= 11 is 3.40. The van der Waals surface area contributed by atoms with E-state index in [0.717, 1.165) is 5.56 Å². The van der Waals surface area contributed by atoms with Gasteiger partial charge in [-0.3, -0.25) is 10.1 Å². The number of nitro groups is 1. The Morgan fingerprint density at radius 1 is 1.25 bits per heavy atom. The van der Waals surface area contributed by atoms with Crippen molar-refractivity contribution in [1.82, 2.24) is 0 Å². The van der Waals surface area contributed by atoms with Gasteiger partial charge in [-0.15, -0.1) is 0 Å². The number of hydrogen-bond donors (Lipinski definition) is 0. The van der Waals surface area contributed by atoms with E-state index in [9.17, 15) is 15.4 Å². The molecule has 0 atom stereocenters. The molecule has 0 saturated carbocycles. The van der Waals surface area contributed by atoms with Crippen molar-refractivity contribution >= 4 is 33.3 Å². The molecule has 0 aliphatic rings. The number of nitro benzene ring substituents is 1. The Morgan fingerprint density at radius 2 is 1.92 bits per heavy atom. The summed E-state index contributed by atoms with van der Waals surface area (Å²) in [4.78, 5) is 10.2. The van der Waals surface area contributed by atoms with Gasteiger partial charge in [-0.1, -0.05) is 0 Å². The quantitative estimate of drug-likeness (QED) is 0.327. The van der Waals surface area contributed by atoms with Gasteiger partial charge >= 0.3 is 0 Å². The maximum Gasteiger partial charge on any atom is 0.269 e. The van der Waals surface area contributed by atoms with Crippen LogP contribution in [-0.4, -0.2) is 19.1 Å². The minimum absolute atomic E-state index is 0.0232. The van der Waals surface area contributed by atoms with E-state index >= 15 is 0 Å². The zero-order valence-corrected chi connectivity index (χ0v) is 14.5. The number of nitriles is 1. The predicted octanol–water partition coefficient (Wildman–Crippen LogP) is 4.44. The van der Waals surface area contributed by atoms with Gasteiger partial charge in [0.1, 0.15) is 0 Å². The predicted molar refractivity (Wildman–Crippen MR) is 93.8 cm³/mol. The third-order valence-corrected chi connectivity index (χ3v) is 3.87. The molecule has 0 saturated heterocycles. The van der Waals surface area contributed by atoms with Crippen molar-refractivity contribution in [1.29, 1.82) is 5.26 Å². The van der Waals surface area contributed by atoms with Crippen LogP contribution in [0.1, 0.15) is 11.1 Å². The average Bonchev–Trinajstić information content (AvgIpc) is 2.59. The second kappa shape index (κ2) is 7.62. The van der Waals surface area contributed by atoms with Gasteiger partial charge in [0.25, 0.3) is 5.69 Å². The molecule has 0 fully saturated rings. The van der Waals surface area contributed by atoms with Gasteiger partial charge < -0.3 is 9.47 Å². The lowest BCUT2D eigenvalue weighted by Gasteiger charge is -2.10. The summed E-state index contributed by atoms with van der Waals surface area (Å²) in [6.45, 7) is 0. The molecule has 0 aromatic heterocycles. The van der Waals surface area contributed by atoms with Crippen molar-refractivity contribution < 1.29 is 14.4 Å². The van der Waals surface area contributed by atoms with E-state index in [1.807, 2.05) is 0 Å². The highest BCUT2D eigenvalue weighted by Crippen LogP contribution is 2.37. The Balaban J connectivity index is 2.46. The number of allylic oxidation sites excluding steroid dienone is 1. The molecule has 0 spiro atoms.